The number of rotatable bonds is 4. The van der Waals surface area contributed by atoms with Crippen LogP contribution in [0.25, 0.3) is 5.69 Å². The molecule has 110 valence electrons. The highest BCUT2D eigenvalue weighted by molar-refractivity contribution is 5.92. The van der Waals surface area contributed by atoms with Crippen molar-refractivity contribution in [1.29, 1.82) is 0 Å². The molecule has 2 aromatic carbocycles. The molecule has 0 fully saturated rings. The first kappa shape index (κ1) is 14.1. The Hall–Kier alpha value is -2.88. The summed E-state index contributed by atoms with van der Waals surface area (Å²) < 4.78 is 1.95. The minimum atomic E-state index is -0.0163. The summed E-state index contributed by atoms with van der Waals surface area (Å²) in [6.45, 7) is 1.95. The third kappa shape index (κ3) is 3.41. The smallest absolute Gasteiger partial charge is 0.228 e. The van der Waals surface area contributed by atoms with Crippen LogP contribution in [0.2, 0.25) is 0 Å². The van der Waals surface area contributed by atoms with E-state index in [1.165, 1.54) is 0 Å². The predicted octanol–water partition coefficient (Wildman–Crippen LogP) is 3.36. The van der Waals surface area contributed by atoms with E-state index in [4.69, 9.17) is 0 Å². The number of anilines is 1. The second kappa shape index (κ2) is 6.26. The molecule has 22 heavy (non-hydrogen) atoms. The average molecular weight is 291 g/mol. The quantitative estimate of drug-likeness (QED) is 0.801. The topological polar surface area (TPSA) is 46.9 Å². The van der Waals surface area contributed by atoms with E-state index in [9.17, 15) is 4.79 Å². The maximum Gasteiger partial charge on any atom is 0.228 e. The Bertz CT molecular complexity index is 761. The van der Waals surface area contributed by atoms with Crippen molar-refractivity contribution in [3.8, 4) is 5.69 Å². The van der Waals surface area contributed by atoms with E-state index in [0.717, 1.165) is 22.6 Å². The number of hydrogen-bond donors (Lipinski definition) is 1. The number of nitrogens with one attached hydrogen (secondary N) is 1. The van der Waals surface area contributed by atoms with Crippen LogP contribution < -0.4 is 5.32 Å². The standard InChI is InChI=1S/C18H17N3O/c1-14-12-21(13-19-14)17-9-7-16(8-10-17)20-18(22)11-15-5-3-2-4-6-15/h2-10,12-13H,11H2,1H3,(H,20,22). The van der Waals surface area contributed by atoms with E-state index in [1.54, 1.807) is 6.33 Å². The minimum Gasteiger partial charge on any atom is -0.326 e. The van der Waals surface area contributed by atoms with E-state index in [1.807, 2.05) is 72.3 Å². The van der Waals surface area contributed by atoms with Gasteiger partial charge in [-0.2, -0.15) is 0 Å². The van der Waals surface area contributed by atoms with Gasteiger partial charge in [0.2, 0.25) is 5.91 Å². The van der Waals surface area contributed by atoms with E-state index >= 15 is 0 Å². The van der Waals surface area contributed by atoms with Gasteiger partial charge in [-0.05, 0) is 36.8 Å². The molecule has 4 nitrogen and oxygen atoms in total. The molecule has 0 atom stereocenters. The number of imidazole rings is 1. The Morgan fingerprint density at radius 1 is 1.09 bits per heavy atom. The first-order valence-electron chi connectivity index (χ1n) is 7.15. The Kier molecular flexibility index (Phi) is 4.01. The minimum absolute atomic E-state index is 0.0163. The summed E-state index contributed by atoms with van der Waals surface area (Å²) in [4.78, 5) is 16.2. The average Bonchev–Trinajstić information content (AvgIpc) is 2.95. The fourth-order valence-corrected chi connectivity index (χ4v) is 2.27. The van der Waals surface area contributed by atoms with Crippen molar-refractivity contribution in [1.82, 2.24) is 9.55 Å². The Labute approximate surface area is 129 Å². The lowest BCUT2D eigenvalue weighted by atomic mass is 10.1. The lowest BCUT2D eigenvalue weighted by Crippen LogP contribution is -2.14. The molecule has 3 aromatic rings. The molecule has 0 aliphatic rings. The molecule has 1 heterocycles. The summed E-state index contributed by atoms with van der Waals surface area (Å²) >= 11 is 0. The predicted molar refractivity (Wildman–Crippen MR) is 87.1 cm³/mol. The first-order chi connectivity index (χ1) is 10.7. The lowest BCUT2D eigenvalue weighted by molar-refractivity contribution is -0.115. The SMILES string of the molecule is Cc1cn(-c2ccc(NC(=O)Cc3ccccc3)cc2)cn1. The molecule has 0 aliphatic heterocycles. The normalized spacial score (nSPS) is 10.4. The van der Waals surface area contributed by atoms with Gasteiger partial charge in [0.1, 0.15) is 0 Å². The van der Waals surface area contributed by atoms with Crippen LogP contribution in [0.15, 0.2) is 67.1 Å². The molecule has 0 saturated carbocycles. The fourth-order valence-electron chi connectivity index (χ4n) is 2.27. The van der Waals surface area contributed by atoms with Crippen molar-refractivity contribution in [3.63, 3.8) is 0 Å². The van der Waals surface area contributed by atoms with Crippen LogP contribution in [-0.4, -0.2) is 15.5 Å². The first-order valence-corrected chi connectivity index (χ1v) is 7.15. The van der Waals surface area contributed by atoms with Crippen LogP contribution in [0.4, 0.5) is 5.69 Å². The molecule has 0 radical (unpaired) electrons. The van der Waals surface area contributed by atoms with Crippen LogP contribution in [-0.2, 0) is 11.2 Å². The van der Waals surface area contributed by atoms with Gasteiger partial charge < -0.3 is 9.88 Å². The number of aryl methyl sites for hydroxylation is 1. The summed E-state index contributed by atoms with van der Waals surface area (Å²) in [5.74, 6) is -0.0163. The number of carbonyl (C=O) groups is 1. The highest BCUT2D eigenvalue weighted by atomic mass is 16.1. The lowest BCUT2D eigenvalue weighted by Gasteiger charge is -2.07. The Balaban J connectivity index is 1.65. The zero-order valence-electron chi connectivity index (χ0n) is 12.4. The Morgan fingerprint density at radius 3 is 2.45 bits per heavy atom. The molecule has 1 N–H and O–H groups in total. The molecule has 1 amide bonds. The molecule has 0 unspecified atom stereocenters. The summed E-state index contributed by atoms with van der Waals surface area (Å²) in [5.41, 5.74) is 3.79. The zero-order chi connectivity index (χ0) is 15.4. The molecular weight excluding hydrogens is 274 g/mol. The summed E-state index contributed by atoms with van der Waals surface area (Å²) in [6.07, 6.45) is 4.12. The van der Waals surface area contributed by atoms with Crippen LogP contribution in [0.3, 0.4) is 0 Å². The van der Waals surface area contributed by atoms with Gasteiger partial charge in [-0.3, -0.25) is 4.79 Å². The van der Waals surface area contributed by atoms with E-state index in [-0.39, 0.29) is 5.91 Å². The number of aromatic nitrogens is 2. The third-order valence-corrected chi connectivity index (χ3v) is 3.37. The number of hydrogen-bond acceptors (Lipinski definition) is 2. The molecular formula is C18H17N3O. The van der Waals surface area contributed by atoms with Crippen molar-refractivity contribution in [2.75, 3.05) is 5.32 Å². The number of benzene rings is 2. The van der Waals surface area contributed by atoms with E-state index < -0.39 is 0 Å². The summed E-state index contributed by atoms with van der Waals surface area (Å²) in [5, 5.41) is 2.91. The van der Waals surface area contributed by atoms with Gasteiger partial charge in [0.25, 0.3) is 0 Å². The summed E-state index contributed by atoms with van der Waals surface area (Å²) in [7, 11) is 0. The van der Waals surface area contributed by atoms with Crippen LogP contribution >= 0.6 is 0 Å². The number of nitrogens with zero attached hydrogens (tertiary/aromatic N) is 2. The van der Waals surface area contributed by atoms with Gasteiger partial charge in [-0.25, -0.2) is 4.98 Å². The summed E-state index contributed by atoms with van der Waals surface area (Å²) in [6, 6.07) is 17.4. The van der Waals surface area contributed by atoms with Crippen molar-refractivity contribution in [2.45, 2.75) is 13.3 Å². The molecule has 1 aromatic heterocycles. The van der Waals surface area contributed by atoms with Gasteiger partial charge in [0, 0.05) is 17.6 Å². The maximum absolute atomic E-state index is 12.0. The van der Waals surface area contributed by atoms with Gasteiger partial charge in [0.15, 0.2) is 0 Å². The van der Waals surface area contributed by atoms with Crippen molar-refractivity contribution >= 4 is 11.6 Å². The number of carbonyl (C=O) groups excluding carboxylic acids is 1. The molecule has 0 aliphatic carbocycles. The second-order valence-corrected chi connectivity index (χ2v) is 5.18. The fraction of sp³-hybridized carbons (Fsp3) is 0.111. The monoisotopic (exact) mass is 291 g/mol. The number of amides is 1. The third-order valence-electron chi connectivity index (χ3n) is 3.37. The van der Waals surface area contributed by atoms with Crippen molar-refractivity contribution in [3.05, 3.63) is 78.4 Å². The second-order valence-electron chi connectivity index (χ2n) is 5.18. The molecule has 3 rings (SSSR count). The largest absolute Gasteiger partial charge is 0.326 e. The van der Waals surface area contributed by atoms with Gasteiger partial charge >= 0.3 is 0 Å². The van der Waals surface area contributed by atoms with Crippen LogP contribution in [0.5, 0.6) is 0 Å². The van der Waals surface area contributed by atoms with E-state index in [2.05, 4.69) is 10.3 Å². The molecule has 0 saturated heterocycles. The van der Waals surface area contributed by atoms with Crippen LogP contribution in [0, 0.1) is 6.92 Å². The van der Waals surface area contributed by atoms with Gasteiger partial charge in [-0.15, -0.1) is 0 Å². The zero-order valence-corrected chi connectivity index (χ0v) is 12.4. The molecule has 0 spiro atoms. The van der Waals surface area contributed by atoms with Gasteiger partial charge in [-0.1, -0.05) is 30.3 Å². The maximum atomic E-state index is 12.0. The van der Waals surface area contributed by atoms with E-state index in [0.29, 0.717) is 6.42 Å². The molecule has 0 bridgehead atoms. The highest BCUT2D eigenvalue weighted by Crippen LogP contribution is 2.14. The van der Waals surface area contributed by atoms with Gasteiger partial charge in [0.05, 0.1) is 18.4 Å². The van der Waals surface area contributed by atoms with Crippen molar-refractivity contribution < 1.29 is 4.79 Å². The van der Waals surface area contributed by atoms with Crippen molar-refractivity contribution in [2.24, 2.45) is 0 Å². The Morgan fingerprint density at radius 2 is 1.82 bits per heavy atom. The highest BCUT2D eigenvalue weighted by Gasteiger charge is 2.04. The molecule has 4 heteroatoms. The van der Waals surface area contributed by atoms with Crippen LogP contribution in [0.1, 0.15) is 11.3 Å².